The second-order valence-corrected chi connectivity index (χ2v) is 4.66. The molecular weight excluding hydrogens is 204 g/mol. The van der Waals surface area contributed by atoms with E-state index in [1.807, 2.05) is 44.2 Å². The number of rotatable bonds is 6. The number of aliphatic hydroxyl groups is 2. The molecule has 1 aromatic carbocycles. The highest BCUT2D eigenvalue weighted by atomic mass is 16.5. The highest BCUT2D eigenvalue weighted by Crippen LogP contribution is 2.19. The summed E-state index contributed by atoms with van der Waals surface area (Å²) in [6.45, 7) is 4.29. The van der Waals surface area contributed by atoms with Crippen molar-refractivity contribution in [3.05, 3.63) is 35.9 Å². The monoisotopic (exact) mass is 224 g/mol. The average Bonchev–Trinajstić information content (AvgIpc) is 2.30. The topological polar surface area (TPSA) is 49.7 Å². The minimum Gasteiger partial charge on any atom is -0.396 e. The molecule has 1 aromatic rings. The first-order valence-electron chi connectivity index (χ1n) is 5.47. The van der Waals surface area contributed by atoms with Gasteiger partial charge >= 0.3 is 0 Å². The van der Waals surface area contributed by atoms with Crippen LogP contribution in [0.25, 0.3) is 0 Å². The summed E-state index contributed by atoms with van der Waals surface area (Å²) in [6.07, 6.45) is -0.652. The average molecular weight is 224 g/mol. The van der Waals surface area contributed by atoms with Crippen LogP contribution in [0.5, 0.6) is 0 Å². The molecule has 0 spiro atoms. The van der Waals surface area contributed by atoms with Gasteiger partial charge in [0.25, 0.3) is 0 Å². The lowest BCUT2D eigenvalue weighted by Crippen LogP contribution is -2.36. The fraction of sp³-hybridized carbons (Fsp3) is 0.538. The first-order valence-corrected chi connectivity index (χ1v) is 5.47. The van der Waals surface area contributed by atoms with Crippen LogP contribution in [-0.2, 0) is 11.3 Å². The molecule has 2 N–H and O–H groups in total. The minimum atomic E-state index is -0.652. The van der Waals surface area contributed by atoms with Gasteiger partial charge in [0.2, 0.25) is 0 Å². The van der Waals surface area contributed by atoms with Crippen molar-refractivity contribution in [2.45, 2.75) is 26.6 Å². The van der Waals surface area contributed by atoms with Gasteiger partial charge in [0, 0.05) is 5.41 Å². The molecule has 0 heterocycles. The van der Waals surface area contributed by atoms with Crippen molar-refractivity contribution in [1.82, 2.24) is 0 Å². The summed E-state index contributed by atoms with van der Waals surface area (Å²) in [5.41, 5.74) is 0.563. The summed E-state index contributed by atoms with van der Waals surface area (Å²) in [4.78, 5) is 0. The molecule has 0 saturated carbocycles. The second kappa shape index (κ2) is 5.99. The predicted octanol–water partition coefficient (Wildman–Crippen LogP) is 1.58. The highest BCUT2D eigenvalue weighted by molar-refractivity contribution is 5.13. The van der Waals surface area contributed by atoms with E-state index in [9.17, 15) is 5.11 Å². The van der Waals surface area contributed by atoms with Gasteiger partial charge in [0.15, 0.2) is 0 Å². The van der Waals surface area contributed by atoms with Gasteiger partial charge in [-0.1, -0.05) is 44.2 Å². The van der Waals surface area contributed by atoms with E-state index in [0.29, 0.717) is 6.61 Å². The molecule has 3 heteroatoms. The highest BCUT2D eigenvalue weighted by Gasteiger charge is 2.26. The van der Waals surface area contributed by atoms with Crippen molar-refractivity contribution < 1.29 is 14.9 Å². The fourth-order valence-electron chi connectivity index (χ4n) is 1.19. The maximum atomic E-state index is 9.77. The van der Waals surface area contributed by atoms with Crippen molar-refractivity contribution in [3.8, 4) is 0 Å². The predicted molar refractivity (Wildman–Crippen MR) is 63.0 cm³/mol. The first-order chi connectivity index (χ1) is 7.56. The maximum Gasteiger partial charge on any atom is 0.0846 e. The Morgan fingerprint density at radius 2 is 1.88 bits per heavy atom. The van der Waals surface area contributed by atoms with E-state index >= 15 is 0 Å². The molecule has 16 heavy (non-hydrogen) atoms. The largest absolute Gasteiger partial charge is 0.396 e. The molecule has 0 radical (unpaired) electrons. The molecule has 1 atom stereocenters. The van der Waals surface area contributed by atoms with Crippen LogP contribution >= 0.6 is 0 Å². The molecular formula is C13H20O3. The van der Waals surface area contributed by atoms with Gasteiger partial charge in [-0.05, 0) is 5.56 Å². The van der Waals surface area contributed by atoms with Crippen molar-refractivity contribution in [2.75, 3.05) is 13.2 Å². The SMILES string of the molecule is CC(C)(CO)[C@@H](O)COCc1ccccc1. The van der Waals surface area contributed by atoms with Crippen LogP contribution in [0, 0.1) is 5.41 Å². The Morgan fingerprint density at radius 3 is 2.44 bits per heavy atom. The van der Waals surface area contributed by atoms with Crippen LogP contribution in [0.2, 0.25) is 0 Å². The van der Waals surface area contributed by atoms with Gasteiger partial charge in [0.1, 0.15) is 0 Å². The van der Waals surface area contributed by atoms with Crippen LogP contribution in [0.4, 0.5) is 0 Å². The summed E-state index contributed by atoms with van der Waals surface area (Å²) in [5.74, 6) is 0. The summed E-state index contributed by atoms with van der Waals surface area (Å²) in [6, 6.07) is 9.81. The Kier molecular flexibility index (Phi) is 4.93. The summed E-state index contributed by atoms with van der Waals surface area (Å²) >= 11 is 0. The lowest BCUT2D eigenvalue weighted by atomic mass is 9.88. The molecule has 3 nitrogen and oxygen atoms in total. The fourth-order valence-corrected chi connectivity index (χ4v) is 1.19. The Labute approximate surface area is 96.7 Å². The molecule has 90 valence electrons. The molecule has 0 aromatic heterocycles. The summed E-state index contributed by atoms with van der Waals surface area (Å²) < 4.78 is 5.41. The Hall–Kier alpha value is -0.900. The molecule has 0 unspecified atom stereocenters. The number of aliphatic hydroxyl groups excluding tert-OH is 2. The Bertz CT molecular complexity index is 295. The van der Waals surface area contributed by atoms with E-state index in [0.717, 1.165) is 5.56 Å². The number of benzene rings is 1. The molecule has 0 aliphatic carbocycles. The standard InChI is InChI=1S/C13H20O3/c1-13(2,10-14)12(15)9-16-8-11-6-4-3-5-7-11/h3-7,12,14-15H,8-10H2,1-2H3/t12-/m0/s1. The molecule has 0 amide bonds. The van der Waals surface area contributed by atoms with E-state index in [4.69, 9.17) is 9.84 Å². The normalized spacial score (nSPS) is 13.8. The van der Waals surface area contributed by atoms with Gasteiger partial charge in [-0.2, -0.15) is 0 Å². The number of hydrogen-bond acceptors (Lipinski definition) is 3. The number of hydrogen-bond donors (Lipinski definition) is 2. The van der Waals surface area contributed by atoms with Crippen LogP contribution < -0.4 is 0 Å². The van der Waals surface area contributed by atoms with Crippen molar-refractivity contribution in [1.29, 1.82) is 0 Å². The Balaban J connectivity index is 2.31. The van der Waals surface area contributed by atoms with Gasteiger partial charge in [-0.25, -0.2) is 0 Å². The molecule has 0 aliphatic heterocycles. The molecule has 1 rings (SSSR count). The summed E-state index contributed by atoms with van der Waals surface area (Å²) in [7, 11) is 0. The molecule has 0 saturated heterocycles. The van der Waals surface area contributed by atoms with Crippen LogP contribution in [0.1, 0.15) is 19.4 Å². The van der Waals surface area contributed by atoms with E-state index < -0.39 is 11.5 Å². The molecule has 0 fully saturated rings. The first kappa shape index (κ1) is 13.2. The lowest BCUT2D eigenvalue weighted by Gasteiger charge is -2.27. The van der Waals surface area contributed by atoms with Gasteiger partial charge < -0.3 is 14.9 Å². The zero-order valence-corrected chi connectivity index (χ0v) is 9.89. The van der Waals surface area contributed by atoms with Crippen molar-refractivity contribution >= 4 is 0 Å². The number of ether oxygens (including phenoxy) is 1. The zero-order chi connectivity index (χ0) is 12.0. The van der Waals surface area contributed by atoms with Crippen LogP contribution in [0.15, 0.2) is 30.3 Å². The van der Waals surface area contributed by atoms with E-state index in [1.165, 1.54) is 0 Å². The van der Waals surface area contributed by atoms with E-state index in [-0.39, 0.29) is 13.2 Å². The molecule has 0 bridgehead atoms. The van der Waals surface area contributed by atoms with Gasteiger partial charge in [-0.15, -0.1) is 0 Å². The smallest absolute Gasteiger partial charge is 0.0846 e. The quantitative estimate of drug-likeness (QED) is 0.771. The third kappa shape index (κ3) is 3.93. The maximum absolute atomic E-state index is 9.77. The van der Waals surface area contributed by atoms with E-state index in [2.05, 4.69) is 0 Å². The lowest BCUT2D eigenvalue weighted by molar-refractivity contribution is -0.0525. The summed E-state index contributed by atoms with van der Waals surface area (Å²) in [5, 5.41) is 18.8. The third-order valence-electron chi connectivity index (χ3n) is 2.70. The van der Waals surface area contributed by atoms with Crippen LogP contribution in [0.3, 0.4) is 0 Å². The Morgan fingerprint density at radius 1 is 1.25 bits per heavy atom. The van der Waals surface area contributed by atoms with Crippen molar-refractivity contribution in [3.63, 3.8) is 0 Å². The second-order valence-electron chi connectivity index (χ2n) is 4.66. The third-order valence-corrected chi connectivity index (χ3v) is 2.70. The van der Waals surface area contributed by atoms with E-state index in [1.54, 1.807) is 0 Å². The van der Waals surface area contributed by atoms with Crippen LogP contribution in [-0.4, -0.2) is 29.5 Å². The molecule has 0 aliphatic rings. The zero-order valence-electron chi connectivity index (χ0n) is 9.89. The van der Waals surface area contributed by atoms with Gasteiger partial charge in [-0.3, -0.25) is 0 Å². The van der Waals surface area contributed by atoms with Gasteiger partial charge in [0.05, 0.1) is 25.9 Å². The minimum absolute atomic E-state index is 0.0527. The van der Waals surface area contributed by atoms with Crippen molar-refractivity contribution in [2.24, 2.45) is 5.41 Å².